The number of hydrogen-bond donors (Lipinski definition) is 0. The van der Waals surface area contributed by atoms with Crippen molar-refractivity contribution in [3.05, 3.63) is 0 Å². The number of hydrogen-bond acceptors (Lipinski definition) is 0. The highest BCUT2D eigenvalue weighted by molar-refractivity contribution is 4.55. The van der Waals surface area contributed by atoms with Crippen LogP contribution in [0.15, 0.2) is 0 Å². The number of rotatable bonds is 10. The lowest BCUT2D eigenvalue weighted by atomic mass is 9.99. The molecule has 0 saturated heterocycles. The highest BCUT2D eigenvalue weighted by Crippen LogP contribution is 2.18. The maximum atomic E-state index is 2.45. The molecule has 104 valence electrons. The Morgan fingerprint density at radius 2 is 1.41 bits per heavy atom. The molecule has 0 N–H and O–H groups in total. The van der Waals surface area contributed by atoms with Gasteiger partial charge in [-0.15, -0.1) is 0 Å². The van der Waals surface area contributed by atoms with E-state index in [9.17, 15) is 0 Å². The summed E-state index contributed by atoms with van der Waals surface area (Å²) in [5.41, 5.74) is 0. The Hall–Kier alpha value is -0.0400. The van der Waals surface area contributed by atoms with Gasteiger partial charge in [-0.25, -0.2) is 0 Å². The van der Waals surface area contributed by atoms with Crippen LogP contribution in [-0.2, 0) is 0 Å². The molecule has 0 amide bonds. The molecule has 0 heterocycles. The summed E-state index contributed by atoms with van der Waals surface area (Å²) >= 11 is 0. The van der Waals surface area contributed by atoms with Crippen molar-refractivity contribution in [3.63, 3.8) is 0 Å². The van der Waals surface area contributed by atoms with Crippen LogP contribution in [-0.4, -0.2) is 30.7 Å². The Morgan fingerprint density at radius 3 is 1.88 bits per heavy atom. The molecular weight excluding hydrogens is 206 g/mol. The molecule has 1 nitrogen and oxygen atoms in total. The summed E-state index contributed by atoms with van der Waals surface area (Å²) in [7, 11) is 2.45. The molecule has 2 atom stereocenters. The third kappa shape index (κ3) is 7.08. The lowest BCUT2D eigenvalue weighted by molar-refractivity contribution is -0.930. The predicted molar refractivity (Wildman–Crippen MR) is 79.3 cm³/mol. The van der Waals surface area contributed by atoms with Crippen molar-refractivity contribution in [2.45, 2.75) is 79.2 Å². The number of quaternary nitrogens is 1. The second-order valence-electron chi connectivity index (χ2n) is 6.41. The standard InChI is InChI=1S/C16H36N/c1-7-9-11-16(5)12-14-17(6,15(3)4)13-10-8-2/h15-16H,7-14H2,1-6H3/q+1. The zero-order valence-electron chi connectivity index (χ0n) is 13.3. The summed E-state index contributed by atoms with van der Waals surface area (Å²) in [5, 5.41) is 0. The minimum Gasteiger partial charge on any atom is -0.324 e. The van der Waals surface area contributed by atoms with Crippen molar-refractivity contribution in [2.75, 3.05) is 20.1 Å². The van der Waals surface area contributed by atoms with Crippen LogP contribution in [0.1, 0.15) is 73.1 Å². The van der Waals surface area contributed by atoms with Crippen LogP contribution >= 0.6 is 0 Å². The lowest BCUT2D eigenvalue weighted by Gasteiger charge is -2.39. The van der Waals surface area contributed by atoms with E-state index in [0.717, 1.165) is 12.0 Å². The fraction of sp³-hybridized carbons (Fsp3) is 1.00. The van der Waals surface area contributed by atoms with Crippen molar-refractivity contribution >= 4 is 0 Å². The number of unbranched alkanes of at least 4 members (excludes halogenated alkanes) is 2. The SMILES string of the molecule is CCCCC(C)CC[N+](C)(CCCC)C(C)C. The van der Waals surface area contributed by atoms with E-state index < -0.39 is 0 Å². The number of nitrogens with zero attached hydrogens (tertiary/aromatic N) is 1. The van der Waals surface area contributed by atoms with E-state index in [1.54, 1.807) is 0 Å². The van der Waals surface area contributed by atoms with Crippen molar-refractivity contribution in [3.8, 4) is 0 Å². The van der Waals surface area contributed by atoms with Gasteiger partial charge in [0.15, 0.2) is 0 Å². The summed E-state index contributed by atoms with van der Waals surface area (Å²) in [4.78, 5) is 0. The van der Waals surface area contributed by atoms with Gasteiger partial charge in [-0.05, 0) is 32.6 Å². The monoisotopic (exact) mass is 242 g/mol. The molecule has 0 aliphatic rings. The molecule has 0 aromatic heterocycles. The molecule has 0 aliphatic carbocycles. The van der Waals surface area contributed by atoms with Crippen molar-refractivity contribution in [2.24, 2.45) is 5.92 Å². The van der Waals surface area contributed by atoms with Gasteiger partial charge in [0.25, 0.3) is 0 Å². The fourth-order valence-electron chi connectivity index (χ4n) is 2.36. The Kier molecular flexibility index (Phi) is 8.94. The first kappa shape index (κ1) is 17.0. The maximum absolute atomic E-state index is 2.45. The van der Waals surface area contributed by atoms with Crippen LogP contribution < -0.4 is 0 Å². The first-order chi connectivity index (χ1) is 7.96. The van der Waals surface area contributed by atoms with E-state index >= 15 is 0 Å². The van der Waals surface area contributed by atoms with Gasteiger partial charge in [-0.2, -0.15) is 0 Å². The molecule has 0 bridgehead atoms. The quantitative estimate of drug-likeness (QED) is 0.480. The smallest absolute Gasteiger partial charge is 0.0831 e. The summed E-state index contributed by atoms with van der Waals surface area (Å²) in [5.74, 6) is 0.910. The lowest BCUT2D eigenvalue weighted by Crippen LogP contribution is -2.51. The summed E-state index contributed by atoms with van der Waals surface area (Å²) in [6.45, 7) is 14.5. The second-order valence-corrected chi connectivity index (χ2v) is 6.41. The van der Waals surface area contributed by atoms with Gasteiger partial charge in [-0.1, -0.05) is 46.5 Å². The second kappa shape index (κ2) is 8.97. The minimum atomic E-state index is 0.764. The molecule has 1 heteroatoms. The molecule has 0 aliphatic heterocycles. The van der Waals surface area contributed by atoms with Crippen LogP contribution in [0.25, 0.3) is 0 Å². The van der Waals surface area contributed by atoms with Gasteiger partial charge >= 0.3 is 0 Å². The summed E-state index contributed by atoms with van der Waals surface area (Å²) in [6, 6.07) is 0.764. The average Bonchev–Trinajstić information content (AvgIpc) is 2.30. The van der Waals surface area contributed by atoms with Gasteiger partial charge in [0.2, 0.25) is 0 Å². The minimum absolute atomic E-state index is 0.764. The maximum Gasteiger partial charge on any atom is 0.0831 e. The highest BCUT2D eigenvalue weighted by atomic mass is 15.3. The molecule has 0 aromatic carbocycles. The Morgan fingerprint density at radius 1 is 0.824 bits per heavy atom. The molecule has 0 rings (SSSR count). The van der Waals surface area contributed by atoms with Crippen molar-refractivity contribution in [1.29, 1.82) is 0 Å². The normalized spacial score (nSPS) is 17.1. The van der Waals surface area contributed by atoms with Gasteiger partial charge in [0.05, 0.1) is 26.2 Å². The van der Waals surface area contributed by atoms with E-state index in [2.05, 4.69) is 41.7 Å². The van der Waals surface area contributed by atoms with E-state index in [1.165, 1.54) is 56.1 Å². The fourth-order valence-corrected chi connectivity index (χ4v) is 2.36. The van der Waals surface area contributed by atoms with Gasteiger partial charge in [-0.3, -0.25) is 0 Å². The summed E-state index contributed by atoms with van der Waals surface area (Å²) < 4.78 is 1.27. The molecule has 0 spiro atoms. The molecular formula is C16H36N+. The Balaban J connectivity index is 4.07. The largest absolute Gasteiger partial charge is 0.324 e. The molecule has 0 radical (unpaired) electrons. The van der Waals surface area contributed by atoms with Crippen LogP contribution in [0.4, 0.5) is 0 Å². The molecule has 0 saturated carbocycles. The van der Waals surface area contributed by atoms with Gasteiger partial charge in [0, 0.05) is 0 Å². The van der Waals surface area contributed by atoms with Crippen LogP contribution in [0, 0.1) is 5.92 Å². The average molecular weight is 242 g/mol. The predicted octanol–water partition coefficient (Wildman–Crippen LogP) is 4.86. The molecule has 2 unspecified atom stereocenters. The van der Waals surface area contributed by atoms with Gasteiger partial charge < -0.3 is 4.48 Å². The van der Waals surface area contributed by atoms with Crippen LogP contribution in [0.3, 0.4) is 0 Å². The van der Waals surface area contributed by atoms with Crippen molar-refractivity contribution in [1.82, 2.24) is 0 Å². The Bertz CT molecular complexity index is 176. The van der Waals surface area contributed by atoms with Crippen molar-refractivity contribution < 1.29 is 4.48 Å². The van der Waals surface area contributed by atoms with E-state index in [1.807, 2.05) is 0 Å². The van der Waals surface area contributed by atoms with E-state index in [4.69, 9.17) is 0 Å². The first-order valence-corrected chi connectivity index (χ1v) is 7.80. The highest BCUT2D eigenvalue weighted by Gasteiger charge is 2.25. The topological polar surface area (TPSA) is 0 Å². The third-order valence-corrected chi connectivity index (χ3v) is 4.45. The van der Waals surface area contributed by atoms with Gasteiger partial charge in [0.1, 0.15) is 0 Å². The van der Waals surface area contributed by atoms with E-state index in [0.29, 0.717) is 0 Å². The van der Waals surface area contributed by atoms with Crippen LogP contribution in [0.2, 0.25) is 0 Å². The molecule has 0 fully saturated rings. The first-order valence-electron chi connectivity index (χ1n) is 7.80. The van der Waals surface area contributed by atoms with Crippen LogP contribution in [0.5, 0.6) is 0 Å². The Labute approximate surface area is 110 Å². The molecule has 0 aromatic rings. The third-order valence-electron chi connectivity index (χ3n) is 4.45. The zero-order valence-corrected chi connectivity index (χ0v) is 13.3. The van der Waals surface area contributed by atoms with E-state index in [-0.39, 0.29) is 0 Å². The zero-order chi connectivity index (χ0) is 13.3. The molecule has 17 heavy (non-hydrogen) atoms. The summed E-state index contributed by atoms with van der Waals surface area (Å²) in [6.07, 6.45) is 8.27.